The Morgan fingerprint density at radius 1 is 1.38 bits per heavy atom. The molecule has 1 heterocycles. The van der Waals surface area contributed by atoms with Crippen LogP contribution in [0.5, 0.6) is 0 Å². The van der Waals surface area contributed by atoms with Crippen molar-refractivity contribution in [3.8, 4) is 0 Å². The summed E-state index contributed by atoms with van der Waals surface area (Å²) in [5.74, 6) is -0.630. The number of halogens is 1. The average Bonchev–Trinajstić information content (AvgIpc) is 2.59. The molecule has 0 spiro atoms. The molecule has 1 saturated heterocycles. The first-order valence-corrected chi connectivity index (χ1v) is 8.32. The molecule has 1 unspecified atom stereocenters. The Labute approximate surface area is 151 Å². The highest BCUT2D eigenvalue weighted by Gasteiger charge is 2.27. The zero-order valence-corrected chi connectivity index (χ0v) is 14.6. The highest BCUT2D eigenvalue weighted by atomic mass is 35.5. The molecule has 2 rings (SSSR count). The van der Waals surface area contributed by atoms with E-state index in [-0.39, 0.29) is 22.8 Å². The van der Waals surface area contributed by atoms with E-state index in [1.165, 1.54) is 6.08 Å². The van der Waals surface area contributed by atoms with Gasteiger partial charge in [-0.25, -0.2) is 0 Å². The minimum absolute atomic E-state index is 0.154. The fraction of sp³-hybridized carbons (Fsp3) is 0.312. The topological polar surface area (TPSA) is 73.5 Å². The molecule has 2 amide bonds. The van der Waals surface area contributed by atoms with Crippen molar-refractivity contribution in [2.24, 2.45) is 5.92 Å². The van der Waals surface area contributed by atoms with Gasteiger partial charge in [0.2, 0.25) is 11.8 Å². The predicted molar refractivity (Wildman–Crippen MR) is 98.5 cm³/mol. The van der Waals surface area contributed by atoms with Gasteiger partial charge in [0.1, 0.15) is 0 Å². The van der Waals surface area contributed by atoms with E-state index in [0.717, 1.165) is 18.5 Å². The smallest absolute Gasteiger partial charge is 0.245 e. The number of rotatable bonds is 3. The Hall–Kier alpha value is -2.12. The van der Waals surface area contributed by atoms with Crippen LogP contribution in [0.2, 0.25) is 5.02 Å². The van der Waals surface area contributed by atoms with Gasteiger partial charge in [0.15, 0.2) is 5.11 Å². The summed E-state index contributed by atoms with van der Waals surface area (Å²) < 4.78 is 0. The van der Waals surface area contributed by atoms with Crippen LogP contribution in [0.3, 0.4) is 0 Å². The van der Waals surface area contributed by atoms with E-state index in [4.69, 9.17) is 23.8 Å². The quantitative estimate of drug-likeness (QED) is 0.434. The minimum Gasteiger partial charge on any atom is -0.338 e. The molecule has 128 valence electrons. The minimum atomic E-state index is -0.274. The molecule has 0 saturated carbocycles. The number of piperidine rings is 1. The van der Waals surface area contributed by atoms with Crippen molar-refractivity contribution >= 4 is 46.4 Å². The second-order valence-corrected chi connectivity index (χ2v) is 6.25. The second-order valence-electron chi connectivity index (χ2n) is 5.41. The largest absolute Gasteiger partial charge is 0.338 e. The molecule has 0 aromatic heterocycles. The molecule has 0 radical (unpaired) electrons. The van der Waals surface area contributed by atoms with Gasteiger partial charge in [0.05, 0.1) is 5.92 Å². The Morgan fingerprint density at radius 2 is 2.17 bits per heavy atom. The molecule has 6 nitrogen and oxygen atoms in total. The van der Waals surface area contributed by atoms with Crippen molar-refractivity contribution in [3.05, 3.63) is 41.9 Å². The van der Waals surface area contributed by atoms with E-state index in [0.29, 0.717) is 18.1 Å². The normalized spacial score (nSPS) is 16.9. The summed E-state index contributed by atoms with van der Waals surface area (Å²) >= 11 is 11.0. The summed E-state index contributed by atoms with van der Waals surface area (Å²) in [7, 11) is 0. The van der Waals surface area contributed by atoms with Crippen molar-refractivity contribution in [2.75, 3.05) is 18.4 Å². The molecule has 1 aliphatic rings. The zero-order valence-electron chi connectivity index (χ0n) is 13.0. The molecule has 3 N–H and O–H groups in total. The van der Waals surface area contributed by atoms with Gasteiger partial charge in [0, 0.05) is 23.8 Å². The Morgan fingerprint density at radius 3 is 2.88 bits per heavy atom. The Kier molecular flexibility index (Phi) is 6.57. The standard InChI is InChI=1S/C16H19ClN4O2S/c1-2-14(22)21-8-4-5-11(10-21)15(23)19-20-16(24)18-13-7-3-6-12(17)9-13/h2-3,6-7,9,11H,1,4-5,8,10H2,(H,19,23)(H2,18,20,24). The first-order chi connectivity index (χ1) is 11.5. The number of nitrogens with zero attached hydrogens (tertiary/aromatic N) is 1. The third kappa shape index (κ3) is 5.21. The monoisotopic (exact) mass is 366 g/mol. The first kappa shape index (κ1) is 18.2. The number of hydrazine groups is 1. The number of carbonyl (C=O) groups is 2. The highest BCUT2D eigenvalue weighted by molar-refractivity contribution is 7.80. The number of anilines is 1. The van der Waals surface area contributed by atoms with Gasteiger partial charge in [-0.3, -0.25) is 20.4 Å². The van der Waals surface area contributed by atoms with Gasteiger partial charge < -0.3 is 10.2 Å². The lowest BCUT2D eigenvalue weighted by Gasteiger charge is -2.31. The van der Waals surface area contributed by atoms with Crippen LogP contribution in [-0.4, -0.2) is 34.9 Å². The average molecular weight is 367 g/mol. The molecule has 24 heavy (non-hydrogen) atoms. The molecule has 1 aromatic rings. The van der Waals surface area contributed by atoms with Crippen LogP contribution in [0.15, 0.2) is 36.9 Å². The second kappa shape index (κ2) is 8.65. The number of carbonyl (C=O) groups excluding carboxylic acids is 2. The lowest BCUT2D eigenvalue weighted by Crippen LogP contribution is -2.50. The summed E-state index contributed by atoms with van der Waals surface area (Å²) in [6.45, 7) is 4.50. The number of benzene rings is 1. The molecule has 0 bridgehead atoms. The first-order valence-electron chi connectivity index (χ1n) is 7.53. The lowest BCUT2D eigenvalue weighted by molar-refractivity contribution is -0.132. The summed E-state index contributed by atoms with van der Waals surface area (Å²) in [5.41, 5.74) is 5.95. The fourth-order valence-corrected chi connectivity index (χ4v) is 2.83. The fourth-order valence-electron chi connectivity index (χ4n) is 2.47. The maximum absolute atomic E-state index is 12.2. The third-order valence-corrected chi connectivity index (χ3v) is 4.10. The number of hydrogen-bond acceptors (Lipinski definition) is 3. The summed E-state index contributed by atoms with van der Waals surface area (Å²) in [6.07, 6.45) is 2.77. The summed E-state index contributed by atoms with van der Waals surface area (Å²) in [6, 6.07) is 7.07. The Bertz CT molecular complexity index is 653. The van der Waals surface area contributed by atoms with E-state index >= 15 is 0 Å². The number of hydrogen-bond donors (Lipinski definition) is 3. The zero-order chi connectivity index (χ0) is 17.5. The molecular formula is C16H19ClN4O2S. The molecule has 8 heteroatoms. The van der Waals surface area contributed by atoms with Crippen molar-refractivity contribution in [1.82, 2.24) is 15.8 Å². The van der Waals surface area contributed by atoms with E-state index < -0.39 is 0 Å². The van der Waals surface area contributed by atoms with Gasteiger partial charge >= 0.3 is 0 Å². The molecular weight excluding hydrogens is 348 g/mol. The van der Waals surface area contributed by atoms with Crippen molar-refractivity contribution in [1.29, 1.82) is 0 Å². The summed E-state index contributed by atoms with van der Waals surface area (Å²) in [5, 5.41) is 3.76. The van der Waals surface area contributed by atoms with Gasteiger partial charge in [-0.1, -0.05) is 24.2 Å². The van der Waals surface area contributed by atoms with Crippen LogP contribution in [0.1, 0.15) is 12.8 Å². The number of nitrogens with one attached hydrogen (secondary N) is 3. The molecule has 1 aromatic carbocycles. The van der Waals surface area contributed by atoms with E-state index in [2.05, 4.69) is 22.7 Å². The van der Waals surface area contributed by atoms with Gasteiger partial charge in [-0.2, -0.15) is 0 Å². The molecule has 1 atom stereocenters. The van der Waals surface area contributed by atoms with Crippen LogP contribution in [0.4, 0.5) is 5.69 Å². The maximum atomic E-state index is 12.2. The third-order valence-electron chi connectivity index (χ3n) is 3.66. The van der Waals surface area contributed by atoms with Gasteiger partial charge in [-0.05, 0) is 49.3 Å². The van der Waals surface area contributed by atoms with E-state index in [9.17, 15) is 9.59 Å². The number of likely N-dealkylation sites (tertiary alicyclic amines) is 1. The Balaban J connectivity index is 1.80. The summed E-state index contributed by atoms with van der Waals surface area (Å²) in [4.78, 5) is 25.5. The highest BCUT2D eigenvalue weighted by Crippen LogP contribution is 2.17. The predicted octanol–water partition coefficient (Wildman–Crippen LogP) is 2.08. The van der Waals surface area contributed by atoms with Crippen LogP contribution in [0.25, 0.3) is 0 Å². The molecule has 1 aliphatic heterocycles. The molecule has 0 aliphatic carbocycles. The van der Waals surface area contributed by atoms with Crippen LogP contribution in [-0.2, 0) is 9.59 Å². The van der Waals surface area contributed by atoms with Crippen molar-refractivity contribution < 1.29 is 9.59 Å². The SMILES string of the molecule is C=CC(=O)N1CCCC(C(=O)NNC(=S)Nc2cccc(Cl)c2)C1. The van der Waals surface area contributed by atoms with Crippen LogP contribution < -0.4 is 16.2 Å². The van der Waals surface area contributed by atoms with Crippen LogP contribution >= 0.6 is 23.8 Å². The van der Waals surface area contributed by atoms with Gasteiger partial charge in [0.25, 0.3) is 0 Å². The van der Waals surface area contributed by atoms with E-state index in [1.54, 1.807) is 23.1 Å². The van der Waals surface area contributed by atoms with Crippen molar-refractivity contribution in [2.45, 2.75) is 12.8 Å². The van der Waals surface area contributed by atoms with E-state index in [1.807, 2.05) is 6.07 Å². The van der Waals surface area contributed by atoms with Crippen molar-refractivity contribution in [3.63, 3.8) is 0 Å². The lowest BCUT2D eigenvalue weighted by atomic mass is 9.97. The van der Waals surface area contributed by atoms with Crippen LogP contribution in [0, 0.1) is 5.92 Å². The van der Waals surface area contributed by atoms with Gasteiger partial charge in [-0.15, -0.1) is 0 Å². The number of amides is 2. The maximum Gasteiger partial charge on any atom is 0.245 e. The number of thiocarbonyl (C=S) groups is 1. The molecule has 1 fully saturated rings.